The Balaban J connectivity index is 1.28. The van der Waals surface area contributed by atoms with E-state index in [1.165, 1.54) is 4.70 Å². The smallest absolute Gasteiger partial charge is 0.231 e. The molecule has 0 fully saturated rings. The summed E-state index contributed by atoms with van der Waals surface area (Å²) < 4.78 is 7.47. The lowest BCUT2D eigenvalue weighted by Gasteiger charge is -2.10. The molecule has 0 saturated heterocycles. The molecule has 0 spiro atoms. The zero-order valence-corrected chi connectivity index (χ0v) is 24.1. The Hall–Kier alpha value is -5.72. The number of hydrogen-bond acceptors (Lipinski definition) is 6. The van der Waals surface area contributed by atoms with E-state index in [1.54, 1.807) is 11.3 Å². The molecule has 0 radical (unpaired) electrons. The van der Waals surface area contributed by atoms with Crippen molar-refractivity contribution < 1.29 is 4.42 Å². The fourth-order valence-corrected chi connectivity index (χ4v) is 6.99. The van der Waals surface area contributed by atoms with Crippen LogP contribution < -0.4 is 0 Å². The third kappa shape index (κ3) is 4.00. The maximum atomic E-state index is 6.28. The van der Waals surface area contributed by atoms with E-state index in [2.05, 4.69) is 66.7 Å². The molecule has 0 aliphatic carbocycles. The molecular formula is C38H22N4OS. The first-order valence-electron chi connectivity index (χ1n) is 14.4. The predicted octanol–water partition coefficient (Wildman–Crippen LogP) is 10.2. The van der Waals surface area contributed by atoms with Crippen LogP contribution in [0.4, 0.5) is 0 Å². The summed E-state index contributed by atoms with van der Waals surface area (Å²) in [6.45, 7) is 0. The van der Waals surface area contributed by atoms with Gasteiger partial charge in [0.1, 0.15) is 10.4 Å². The minimum Gasteiger partial charge on any atom is -0.438 e. The van der Waals surface area contributed by atoms with E-state index in [0.717, 1.165) is 65.6 Å². The highest BCUT2D eigenvalue weighted by molar-refractivity contribution is 7.25. The van der Waals surface area contributed by atoms with Gasteiger partial charge in [-0.2, -0.15) is 4.98 Å². The van der Waals surface area contributed by atoms with Gasteiger partial charge in [-0.1, -0.05) is 115 Å². The molecule has 0 N–H and O–H groups in total. The van der Waals surface area contributed by atoms with E-state index >= 15 is 0 Å². The maximum absolute atomic E-state index is 6.28. The topological polar surface area (TPSA) is 64.7 Å². The van der Waals surface area contributed by atoms with Gasteiger partial charge in [-0.3, -0.25) is 0 Å². The number of hydrogen-bond donors (Lipinski definition) is 0. The van der Waals surface area contributed by atoms with Crippen LogP contribution in [0.3, 0.4) is 0 Å². The summed E-state index contributed by atoms with van der Waals surface area (Å²) in [5, 5.41) is 4.13. The van der Waals surface area contributed by atoms with Gasteiger partial charge in [0.05, 0.1) is 16.8 Å². The summed E-state index contributed by atoms with van der Waals surface area (Å²) in [5.74, 6) is 1.30. The largest absolute Gasteiger partial charge is 0.438 e. The number of furan rings is 1. The van der Waals surface area contributed by atoms with Crippen molar-refractivity contribution in [2.24, 2.45) is 0 Å². The van der Waals surface area contributed by atoms with Crippen LogP contribution in [-0.2, 0) is 0 Å². The van der Waals surface area contributed by atoms with E-state index in [1.807, 2.05) is 66.7 Å². The Morgan fingerprint density at radius 1 is 0.455 bits per heavy atom. The van der Waals surface area contributed by atoms with Crippen LogP contribution in [0.2, 0.25) is 0 Å². The minimum atomic E-state index is 0.570. The number of benzene rings is 5. The van der Waals surface area contributed by atoms with Crippen molar-refractivity contribution in [3.05, 3.63) is 133 Å². The zero-order valence-electron chi connectivity index (χ0n) is 23.3. The lowest BCUT2D eigenvalue weighted by Crippen LogP contribution is -1.96. The van der Waals surface area contributed by atoms with Gasteiger partial charge in [-0.05, 0) is 18.2 Å². The fraction of sp³-hybridized carbons (Fsp3) is 0. The molecule has 5 nitrogen and oxygen atoms in total. The maximum Gasteiger partial charge on any atom is 0.231 e. The van der Waals surface area contributed by atoms with E-state index in [4.69, 9.17) is 24.4 Å². The number of fused-ring (bicyclic) bond motifs is 6. The van der Waals surface area contributed by atoms with Gasteiger partial charge in [-0.15, -0.1) is 11.3 Å². The fourth-order valence-electron chi connectivity index (χ4n) is 5.91. The Labute approximate surface area is 256 Å². The van der Waals surface area contributed by atoms with Crippen molar-refractivity contribution >= 4 is 53.7 Å². The molecule has 0 bridgehead atoms. The highest BCUT2D eigenvalue weighted by atomic mass is 32.1. The van der Waals surface area contributed by atoms with Crippen LogP contribution in [0.25, 0.3) is 87.7 Å². The molecule has 9 rings (SSSR count). The van der Waals surface area contributed by atoms with Gasteiger partial charge >= 0.3 is 0 Å². The highest BCUT2D eigenvalue weighted by Gasteiger charge is 2.20. The molecule has 0 amide bonds. The van der Waals surface area contributed by atoms with Gasteiger partial charge in [0, 0.05) is 43.1 Å². The Morgan fingerprint density at radius 2 is 1.07 bits per heavy atom. The average Bonchev–Trinajstić information content (AvgIpc) is 3.66. The third-order valence-corrected chi connectivity index (χ3v) is 9.02. The van der Waals surface area contributed by atoms with E-state index < -0.39 is 0 Å². The van der Waals surface area contributed by atoms with E-state index in [-0.39, 0.29) is 0 Å². The minimum absolute atomic E-state index is 0.570. The second-order valence-electron chi connectivity index (χ2n) is 10.7. The Bertz CT molecular complexity index is 2500. The van der Waals surface area contributed by atoms with Crippen molar-refractivity contribution in [1.29, 1.82) is 0 Å². The van der Waals surface area contributed by atoms with Crippen LogP contribution in [0, 0.1) is 0 Å². The van der Waals surface area contributed by atoms with E-state index in [0.29, 0.717) is 17.4 Å². The van der Waals surface area contributed by atoms with Crippen LogP contribution in [0.15, 0.2) is 138 Å². The molecule has 9 aromatic rings. The molecule has 5 aromatic carbocycles. The molecule has 6 heteroatoms. The molecule has 4 heterocycles. The number of para-hydroxylation sites is 1. The summed E-state index contributed by atoms with van der Waals surface area (Å²) >= 11 is 1.69. The van der Waals surface area contributed by atoms with E-state index in [9.17, 15) is 0 Å². The van der Waals surface area contributed by atoms with Crippen molar-refractivity contribution in [2.75, 3.05) is 0 Å². The summed E-state index contributed by atoms with van der Waals surface area (Å²) in [6, 6.07) is 45.2. The standard InChI is InChI=1S/C38H22N4OS/c1-3-12-23(13-4-1)33-31-27-18-7-9-20-29(27)43-37(31)41-36(39-33)26-17-11-16-25(22-26)34-32-28-19-8-10-21-30(28)44-38(32)42-35(40-34)24-14-5-2-6-15-24/h1-22H. The van der Waals surface area contributed by atoms with Gasteiger partial charge in [-0.25, -0.2) is 15.0 Å². The molecule has 0 saturated carbocycles. The molecule has 0 aliphatic rings. The summed E-state index contributed by atoms with van der Waals surface area (Å²) in [5.41, 5.74) is 6.96. The van der Waals surface area contributed by atoms with Crippen molar-refractivity contribution in [2.45, 2.75) is 0 Å². The molecule has 44 heavy (non-hydrogen) atoms. The van der Waals surface area contributed by atoms with Gasteiger partial charge < -0.3 is 4.42 Å². The number of nitrogens with zero attached hydrogens (tertiary/aromatic N) is 4. The third-order valence-electron chi connectivity index (χ3n) is 7.95. The zero-order chi connectivity index (χ0) is 29.0. The van der Waals surface area contributed by atoms with Crippen molar-refractivity contribution in [3.63, 3.8) is 0 Å². The number of aromatic nitrogens is 4. The quantitative estimate of drug-likeness (QED) is 0.207. The molecule has 0 atom stereocenters. The molecule has 206 valence electrons. The second-order valence-corrected chi connectivity index (χ2v) is 11.7. The first-order chi connectivity index (χ1) is 21.8. The summed E-state index contributed by atoms with van der Waals surface area (Å²) in [6.07, 6.45) is 0. The van der Waals surface area contributed by atoms with Gasteiger partial charge in [0.15, 0.2) is 11.6 Å². The van der Waals surface area contributed by atoms with Crippen LogP contribution in [0.1, 0.15) is 0 Å². The normalized spacial score (nSPS) is 11.6. The van der Waals surface area contributed by atoms with Gasteiger partial charge in [0.25, 0.3) is 0 Å². The number of thiophene rings is 1. The first-order valence-corrected chi connectivity index (χ1v) is 15.2. The monoisotopic (exact) mass is 582 g/mol. The summed E-state index contributed by atoms with van der Waals surface area (Å²) in [7, 11) is 0. The SMILES string of the molecule is c1ccc(-c2nc(-c3cccc(-c4nc(-c5ccccc5)c5c(n4)oc4ccccc45)c3)c3c(n2)sc2ccccc23)cc1. The molecule has 0 unspecified atom stereocenters. The lowest BCUT2D eigenvalue weighted by atomic mass is 10.0. The lowest BCUT2D eigenvalue weighted by molar-refractivity contribution is 0.653. The van der Waals surface area contributed by atoms with Crippen LogP contribution in [-0.4, -0.2) is 19.9 Å². The molecular weight excluding hydrogens is 561 g/mol. The molecule has 0 aliphatic heterocycles. The highest BCUT2D eigenvalue weighted by Crippen LogP contribution is 2.41. The van der Waals surface area contributed by atoms with Crippen molar-refractivity contribution in [3.8, 4) is 45.3 Å². The Morgan fingerprint density at radius 3 is 1.89 bits per heavy atom. The van der Waals surface area contributed by atoms with Crippen LogP contribution >= 0.6 is 11.3 Å². The summed E-state index contributed by atoms with van der Waals surface area (Å²) in [4.78, 5) is 21.3. The van der Waals surface area contributed by atoms with Crippen LogP contribution in [0.5, 0.6) is 0 Å². The molecule has 4 aromatic heterocycles. The van der Waals surface area contributed by atoms with Crippen molar-refractivity contribution in [1.82, 2.24) is 19.9 Å². The predicted molar refractivity (Wildman–Crippen MR) is 180 cm³/mol. The Kier molecular flexibility index (Phi) is 5.61. The average molecular weight is 583 g/mol. The number of rotatable bonds is 4. The van der Waals surface area contributed by atoms with Gasteiger partial charge in [0.2, 0.25) is 5.71 Å². The second kappa shape index (κ2) is 9.93. The first kappa shape index (κ1) is 24.8.